The molecule has 88 valence electrons. The number of fused-ring (bicyclic) bond motifs is 1. The Hall–Kier alpha value is -1.32. The van der Waals surface area contributed by atoms with Gasteiger partial charge in [-0.2, -0.15) is 5.10 Å². The number of nitrogens with zero attached hydrogens (tertiary/aromatic N) is 1. The van der Waals surface area contributed by atoms with Crippen LogP contribution >= 0.6 is 0 Å². The second kappa shape index (κ2) is 3.61. The molecular formula is C12H17N2O2-. The summed E-state index contributed by atoms with van der Waals surface area (Å²) in [6.07, 6.45) is 2.77. The summed E-state index contributed by atoms with van der Waals surface area (Å²) >= 11 is 0. The molecule has 1 unspecified atom stereocenters. The van der Waals surface area contributed by atoms with E-state index in [1.807, 2.05) is 0 Å². The largest absolute Gasteiger partial charge is 0.543 e. The van der Waals surface area contributed by atoms with Crippen molar-refractivity contribution in [1.29, 1.82) is 0 Å². The van der Waals surface area contributed by atoms with E-state index < -0.39 is 5.97 Å². The third-order valence-corrected chi connectivity index (χ3v) is 3.56. The van der Waals surface area contributed by atoms with Gasteiger partial charge in [-0.25, -0.2) is 0 Å². The van der Waals surface area contributed by atoms with Crippen LogP contribution in [0.25, 0.3) is 0 Å². The van der Waals surface area contributed by atoms with Crippen LogP contribution in [0.2, 0.25) is 0 Å². The molecule has 1 N–H and O–H groups in total. The van der Waals surface area contributed by atoms with Crippen LogP contribution in [0.15, 0.2) is 0 Å². The number of H-pyrrole nitrogens is 1. The smallest absolute Gasteiger partial charge is 0.111 e. The van der Waals surface area contributed by atoms with Gasteiger partial charge in [0.1, 0.15) is 5.69 Å². The van der Waals surface area contributed by atoms with E-state index in [2.05, 4.69) is 31.0 Å². The van der Waals surface area contributed by atoms with Gasteiger partial charge in [0.15, 0.2) is 0 Å². The first-order chi connectivity index (χ1) is 7.39. The molecule has 0 saturated carbocycles. The summed E-state index contributed by atoms with van der Waals surface area (Å²) in [6, 6.07) is 0. The molecule has 0 aromatic carbocycles. The first-order valence-corrected chi connectivity index (χ1v) is 5.67. The quantitative estimate of drug-likeness (QED) is 0.766. The van der Waals surface area contributed by atoms with Crippen molar-refractivity contribution in [1.82, 2.24) is 10.2 Å². The van der Waals surface area contributed by atoms with Gasteiger partial charge >= 0.3 is 0 Å². The summed E-state index contributed by atoms with van der Waals surface area (Å²) < 4.78 is 0. The fourth-order valence-corrected chi connectivity index (χ4v) is 2.40. The molecule has 4 nitrogen and oxygen atoms in total. The van der Waals surface area contributed by atoms with Crippen LogP contribution in [0.4, 0.5) is 0 Å². The Morgan fingerprint density at radius 2 is 2.19 bits per heavy atom. The predicted octanol–water partition coefficient (Wildman–Crippen LogP) is 0.924. The molecule has 1 heterocycles. The van der Waals surface area contributed by atoms with E-state index in [9.17, 15) is 9.90 Å². The lowest BCUT2D eigenvalue weighted by Gasteiger charge is -2.33. The summed E-state index contributed by atoms with van der Waals surface area (Å²) in [4.78, 5) is 10.9. The number of aromatic amines is 1. The minimum Gasteiger partial charge on any atom is -0.543 e. The Labute approximate surface area is 95.1 Å². The van der Waals surface area contributed by atoms with Crippen molar-refractivity contribution < 1.29 is 9.90 Å². The van der Waals surface area contributed by atoms with E-state index in [4.69, 9.17) is 0 Å². The summed E-state index contributed by atoms with van der Waals surface area (Å²) in [7, 11) is 0. The summed E-state index contributed by atoms with van der Waals surface area (Å²) in [5.41, 5.74) is 2.13. The highest BCUT2D eigenvalue weighted by atomic mass is 16.4. The van der Waals surface area contributed by atoms with Crippen molar-refractivity contribution in [2.75, 3.05) is 0 Å². The molecule has 16 heavy (non-hydrogen) atoms. The lowest BCUT2D eigenvalue weighted by molar-refractivity contribution is -0.255. The number of carboxylic acid groups (broad SMARTS) is 1. The topological polar surface area (TPSA) is 68.8 Å². The molecule has 4 heteroatoms. The highest BCUT2D eigenvalue weighted by Gasteiger charge is 2.31. The number of carbonyl (C=O) groups is 1. The number of carboxylic acids is 1. The maximum Gasteiger partial charge on any atom is 0.111 e. The Balaban J connectivity index is 2.31. The van der Waals surface area contributed by atoms with E-state index in [-0.39, 0.29) is 11.1 Å². The van der Waals surface area contributed by atoms with Gasteiger partial charge in [0, 0.05) is 11.3 Å². The number of hydrogen-bond acceptors (Lipinski definition) is 3. The Bertz CT molecular complexity index is 415. The van der Waals surface area contributed by atoms with Gasteiger partial charge in [-0.1, -0.05) is 20.8 Å². The van der Waals surface area contributed by atoms with Gasteiger partial charge in [0.05, 0.1) is 5.97 Å². The number of aromatic carboxylic acids is 1. The van der Waals surface area contributed by atoms with Crippen LogP contribution in [0.5, 0.6) is 0 Å². The molecule has 0 fully saturated rings. The molecular weight excluding hydrogens is 204 g/mol. The Morgan fingerprint density at radius 1 is 1.50 bits per heavy atom. The van der Waals surface area contributed by atoms with Crippen molar-refractivity contribution in [3.8, 4) is 0 Å². The van der Waals surface area contributed by atoms with Crippen LogP contribution in [-0.4, -0.2) is 16.2 Å². The molecule has 0 bridgehead atoms. The van der Waals surface area contributed by atoms with Gasteiger partial charge in [-0.05, 0) is 30.6 Å². The minimum absolute atomic E-state index is 0.101. The molecule has 1 aromatic rings. The maximum atomic E-state index is 10.9. The molecule has 1 aliphatic rings. The molecule has 0 spiro atoms. The molecule has 0 aliphatic heterocycles. The predicted molar refractivity (Wildman–Crippen MR) is 57.9 cm³/mol. The molecule has 1 aliphatic carbocycles. The third-order valence-electron chi connectivity index (χ3n) is 3.56. The number of aromatic nitrogens is 2. The second-order valence-corrected chi connectivity index (χ2v) is 5.62. The SMILES string of the molecule is CC(C)(C)C1CCc2[nH]nc(C(=O)[O-])c2C1. The van der Waals surface area contributed by atoms with Crippen LogP contribution in [0.3, 0.4) is 0 Å². The fraction of sp³-hybridized carbons (Fsp3) is 0.667. The Morgan fingerprint density at radius 3 is 2.75 bits per heavy atom. The molecule has 0 saturated heterocycles. The molecule has 1 aromatic heterocycles. The number of aryl methyl sites for hydroxylation is 1. The minimum atomic E-state index is -1.17. The zero-order valence-corrected chi connectivity index (χ0v) is 9.96. The lowest BCUT2D eigenvalue weighted by atomic mass is 9.71. The van der Waals surface area contributed by atoms with E-state index in [1.165, 1.54) is 0 Å². The second-order valence-electron chi connectivity index (χ2n) is 5.62. The van der Waals surface area contributed by atoms with Crippen LogP contribution < -0.4 is 5.11 Å². The van der Waals surface area contributed by atoms with Crippen molar-refractivity contribution in [3.63, 3.8) is 0 Å². The average Bonchev–Trinajstić information content (AvgIpc) is 2.58. The highest BCUT2D eigenvalue weighted by Crippen LogP contribution is 2.37. The fourth-order valence-electron chi connectivity index (χ4n) is 2.40. The number of rotatable bonds is 1. The zero-order chi connectivity index (χ0) is 11.9. The first kappa shape index (κ1) is 11.2. The summed E-state index contributed by atoms with van der Waals surface area (Å²) in [5.74, 6) is -0.664. The standard InChI is InChI=1S/C12H18N2O2/c1-12(2,3)7-4-5-9-8(6-7)10(11(15)16)14-13-9/h7H,4-6H2,1-3H3,(H,13,14)(H,15,16)/p-1. The van der Waals surface area contributed by atoms with E-state index in [1.54, 1.807) is 0 Å². The van der Waals surface area contributed by atoms with Crippen LogP contribution in [0, 0.1) is 11.3 Å². The van der Waals surface area contributed by atoms with E-state index >= 15 is 0 Å². The van der Waals surface area contributed by atoms with Crippen LogP contribution in [0.1, 0.15) is 48.9 Å². The number of hydrogen-bond donors (Lipinski definition) is 1. The first-order valence-electron chi connectivity index (χ1n) is 5.67. The average molecular weight is 221 g/mol. The van der Waals surface area contributed by atoms with Crippen molar-refractivity contribution in [2.24, 2.45) is 11.3 Å². The lowest BCUT2D eigenvalue weighted by Crippen LogP contribution is -2.29. The van der Waals surface area contributed by atoms with Gasteiger partial charge in [-0.15, -0.1) is 0 Å². The molecule has 2 rings (SSSR count). The third kappa shape index (κ3) is 1.84. The monoisotopic (exact) mass is 221 g/mol. The molecule has 0 radical (unpaired) electrons. The number of nitrogens with one attached hydrogen (secondary N) is 1. The molecule has 0 amide bonds. The number of carbonyl (C=O) groups excluding carboxylic acids is 1. The zero-order valence-electron chi connectivity index (χ0n) is 9.96. The Kier molecular flexibility index (Phi) is 2.52. The van der Waals surface area contributed by atoms with Crippen molar-refractivity contribution in [3.05, 3.63) is 17.0 Å². The van der Waals surface area contributed by atoms with E-state index in [0.717, 1.165) is 30.5 Å². The van der Waals surface area contributed by atoms with Crippen molar-refractivity contribution in [2.45, 2.75) is 40.0 Å². The van der Waals surface area contributed by atoms with Gasteiger partial charge in [0.2, 0.25) is 0 Å². The normalized spacial score (nSPS) is 20.6. The van der Waals surface area contributed by atoms with Gasteiger partial charge in [0.25, 0.3) is 0 Å². The maximum absolute atomic E-state index is 10.9. The van der Waals surface area contributed by atoms with Gasteiger partial charge in [-0.3, -0.25) is 5.10 Å². The van der Waals surface area contributed by atoms with Gasteiger partial charge < -0.3 is 9.90 Å². The van der Waals surface area contributed by atoms with Crippen molar-refractivity contribution >= 4 is 5.97 Å². The molecule has 1 atom stereocenters. The summed E-state index contributed by atoms with van der Waals surface area (Å²) in [6.45, 7) is 6.59. The van der Waals surface area contributed by atoms with Crippen LogP contribution in [-0.2, 0) is 12.8 Å². The summed E-state index contributed by atoms with van der Waals surface area (Å²) in [5, 5.41) is 17.5. The highest BCUT2D eigenvalue weighted by molar-refractivity contribution is 5.85. The van der Waals surface area contributed by atoms with E-state index in [0.29, 0.717) is 5.92 Å².